The lowest BCUT2D eigenvalue weighted by atomic mass is 10.1. The average molecular weight is 461 g/mol. The standard InChI is InChI=1S/C25H20N2O3S2/c1-2-30-19-12-13-20-21(14-19)31-25(26-20)32-22-15-23(28)27(24(22)29)18-10-8-17(9-11-18)16-6-4-3-5-7-16/h3-14,22H,2,15H2,1H3/t22-/m1/s1. The number of amides is 2. The molecule has 160 valence electrons. The summed E-state index contributed by atoms with van der Waals surface area (Å²) in [4.78, 5) is 31.7. The van der Waals surface area contributed by atoms with Crippen molar-refractivity contribution in [2.45, 2.75) is 22.9 Å². The van der Waals surface area contributed by atoms with Gasteiger partial charge in [0.25, 0.3) is 0 Å². The van der Waals surface area contributed by atoms with Crippen LogP contribution in [0.5, 0.6) is 5.75 Å². The number of nitrogens with zero attached hydrogens (tertiary/aromatic N) is 2. The Morgan fingerprint density at radius 1 is 1.03 bits per heavy atom. The smallest absolute Gasteiger partial charge is 0.247 e. The molecule has 1 saturated heterocycles. The highest BCUT2D eigenvalue weighted by Crippen LogP contribution is 2.38. The van der Waals surface area contributed by atoms with Crippen LogP contribution in [0.2, 0.25) is 0 Å². The topological polar surface area (TPSA) is 59.5 Å². The van der Waals surface area contributed by atoms with E-state index in [1.54, 1.807) is 0 Å². The number of hydrogen-bond acceptors (Lipinski definition) is 6. The van der Waals surface area contributed by atoms with E-state index in [-0.39, 0.29) is 18.2 Å². The van der Waals surface area contributed by atoms with Gasteiger partial charge in [-0.25, -0.2) is 9.88 Å². The Balaban J connectivity index is 1.33. The third-order valence-corrected chi connectivity index (χ3v) is 7.53. The normalized spacial score (nSPS) is 16.2. The number of fused-ring (bicyclic) bond motifs is 1. The van der Waals surface area contributed by atoms with Crippen molar-refractivity contribution in [3.05, 3.63) is 72.8 Å². The molecule has 1 fully saturated rings. The van der Waals surface area contributed by atoms with E-state index in [0.717, 1.165) is 31.4 Å². The minimum atomic E-state index is -0.469. The number of aromatic nitrogens is 1. The molecule has 0 spiro atoms. The summed E-state index contributed by atoms with van der Waals surface area (Å²) in [6.07, 6.45) is 0.171. The van der Waals surface area contributed by atoms with Gasteiger partial charge in [-0.3, -0.25) is 9.59 Å². The van der Waals surface area contributed by atoms with Crippen LogP contribution in [0.4, 0.5) is 5.69 Å². The van der Waals surface area contributed by atoms with Crippen molar-refractivity contribution >= 4 is 50.8 Å². The second-order valence-corrected chi connectivity index (χ2v) is 9.81. The van der Waals surface area contributed by atoms with Gasteiger partial charge in [-0.05, 0) is 48.4 Å². The number of thioether (sulfide) groups is 1. The molecular formula is C25H20N2O3S2. The maximum absolute atomic E-state index is 13.1. The number of carbonyl (C=O) groups excluding carboxylic acids is 2. The van der Waals surface area contributed by atoms with Gasteiger partial charge in [0.2, 0.25) is 11.8 Å². The van der Waals surface area contributed by atoms with E-state index in [9.17, 15) is 9.59 Å². The van der Waals surface area contributed by atoms with Crippen LogP contribution >= 0.6 is 23.1 Å². The molecule has 3 aromatic carbocycles. The molecule has 2 heterocycles. The molecule has 0 unspecified atom stereocenters. The van der Waals surface area contributed by atoms with Gasteiger partial charge < -0.3 is 4.74 Å². The number of rotatable bonds is 6. The van der Waals surface area contributed by atoms with Gasteiger partial charge in [-0.2, -0.15) is 0 Å². The third kappa shape index (κ3) is 4.01. The Kier molecular flexibility index (Phi) is 5.68. The molecule has 7 heteroatoms. The first-order chi connectivity index (χ1) is 15.6. The van der Waals surface area contributed by atoms with Gasteiger partial charge in [-0.1, -0.05) is 54.2 Å². The number of anilines is 1. The van der Waals surface area contributed by atoms with E-state index < -0.39 is 5.25 Å². The summed E-state index contributed by atoms with van der Waals surface area (Å²) < 4.78 is 7.34. The van der Waals surface area contributed by atoms with Gasteiger partial charge in [0.05, 0.1) is 22.5 Å². The van der Waals surface area contributed by atoms with Gasteiger partial charge >= 0.3 is 0 Å². The van der Waals surface area contributed by atoms with Crippen LogP contribution in [0, 0.1) is 0 Å². The van der Waals surface area contributed by atoms with E-state index in [2.05, 4.69) is 4.98 Å². The first-order valence-electron chi connectivity index (χ1n) is 10.3. The van der Waals surface area contributed by atoms with Crippen molar-refractivity contribution in [2.24, 2.45) is 0 Å². The summed E-state index contributed by atoms with van der Waals surface area (Å²) in [5, 5.41) is -0.469. The van der Waals surface area contributed by atoms with Crippen LogP contribution in [-0.4, -0.2) is 28.7 Å². The summed E-state index contributed by atoms with van der Waals surface area (Å²) in [7, 11) is 0. The van der Waals surface area contributed by atoms with Crippen LogP contribution in [-0.2, 0) is 9.59 Å². The zero-order valence-corrected chi connectivity index (χ0v) is 19.0. The molecule has 0 radical (unpaired) electrons. The lowest BCUT2D eigenvalue weighted by Crippen LogP contribution is -2.31. The molecule has 0 saturated carbocycles. The lowest BCUT2D eigenvalue weighted by Gasteiger charge is -2.15. The molecule has 2 amide bonds. The number of thiazole rings is 1. The monoisotopic (exact) mass is 460 g/mol. The Hall–Kier alpha value is -3.16. The molecule has 1 aliphatic heterocycles. The highest BCUT2D eigenvalue weighted by molar-refractivity contribution is 8.02. The fourth-order valence-corrected chi connectivity index (χ4v) is 6.08. The van der Waals surface area contributed by atoms with Crippen LogP contribution < -0.4 is 9.64 Å². The van der Waals surface area contributed by atoms with E-state index in [0.29, 0.717) is 12.3 Å². The number of ether oxygens (including phenoxy) is 1. The predicted octanol–water partition coefficient (Wildman–Crippen LogP) is 5.79. The molecular weight excluding hydrogens is 440 g/mol. The molecule has 0 N–H and O–H groups in total. The number of hydrogen-bond donors (Lipinski definition) is 0. The molecule has 32 heavy (non-hydrogen) atoms. The zero-order valence-electron chi connectivity index (χ0n) is 17.4. The summed E-state index contributed by atoms with van der Waals surface area (Å²) in [5.41, 5.74) is 3.61. The van der Waals surface area contributed by atoms with Gasteiger partial charge in [0.15, 0.2) is 4.34 Å². The van der Waals surface area contributed by atoms with E-state index >= 15 is 0 Å². The van der Waals surface area contributed by atoms with Crippen molar-refractivity contribution in [1.82, 2.24) is 4.98 Å². The summed E-state index contributed by atoms with van der Waals surface area (Å²) in [6, 6.07) is 23.3. The molecule has 0 aliphatic carbocycles. The fraction of sp³-hybridized carbons (Fsp3) is 0.160. The summed E-state index contributed by atoms with van der Waals surface area (Å²) >= 11 is 2.87. The second kappa shape index (κ2) is 8.76. The van der Waals surface area contributed by atoms with E-state index in [1.807, 2.05) is 79.7 Å². The fourth-order valence-electron chi connectivity index (χ4n) is 3.71. The molecule has 1 aromatic heterocycles. The number of imide groups is 1. The molecule has 0 bridgehead atoms. The van der Waals surface area contributed by atoms with Crippen LogP contribution in [0.25, 0.3) is 21.3 Å². The largest absolute Gasteiger partial charge is 0.494 e. The molecule has 1 atom stereocenters. The highest BCUT2D eigenvalue weighted by atomic mass is 32.2. The van der Waals surface area contributed by atoms with Gasteiger partial charge in [0.1, 0.15) is 11.0 Å². The van der Waals surface area contributed by atoms with Crippen molar-refractivity contribution in [2.75, 3.05) is 11.5 Å². The maximum atomic E-state index is 13.1. The molecule has 4 aromatic rings. The predicted molar refractivity (Wildman–Crippen MR) is 129 cm³/mol. The maximum Gasteiger partial charge on any atom is 0.247 e. The molecule has 5 nitrogen and oxygen atoms in total. The summed E-state index contributed by atoms with van der Waals surface area (Å²) in [6.45, 7) is 2.55. The van der Waals surface area contributed by atoms with E-state index in [4.69, 9.17) is 4.74 Å². The van der Waals surface area contributed by atoms with E-state index in [1.165, 1.54) is 28.0 Å². The summed E-state index contributed by atoms with van der Waals surface area (Å²) in [5.74, 6) is 0.430. The SMILES string of the molecule is CCOc1ccc2nc(S[C@@H]3CC(=O)N(c4ccc(-c5ccccc5)cc4)C3=O)sc2c1. The number of carbonyl (C=O) groups is 2. The van der Waals surface area contributed by atoms with Crippen molar-refractivity contribution in [3.8, 4) is 16.9 Å². The minimum absolute atomic E-state index is 0.171. The second-order valence-electron chi connectivity index (χ2n) is 7.33. The molecule has 5 rings (SSSR count). The van der Waals surface area contributed by atoms with Gasteiger partial charge in [-0.15, -0.1) is 11.3 Å². The number of benzene rings is 3. The molecule has 1 aliphatic rings. The highest BCUT2D eigenvalue weighted by Gasteiger charge is 2.40. The Labute approximate surface area is 194 Å². The van der Waals surface area contributed by atoms with Crippen LogP contribution in [0.15, 0.2) is 77.1 Å². The van der Waals surface area contributed by atoms with Crippen molar-refractivity contribution in [1.29, 1.82) is 0 Å². The first-order valence-corrected chi connectivity index (χ1v) is 12.0. The Morgan fingerprint density at radius 3 is 2.53 bits per heavy atom. The third-order valence-electron chi connectivity index (χ3n) is 5.23. The van der Waals surface area contributed by atoms with Crippen LogP contribution in [0.3, 0.4) is 0 Å². The quantitative estimate of drug-likeness (QED) is 0.341. The van der Waals surface area contributed by atoms with Crippen LogP contribution in [0.1, 0.15) is 13.3 Å². The Morgan fingerprint density at radius 2 is 1.78 bits per heavy atom. The minimum Gasteiger partial charge on any atom is -0.494 e. The van der Waals surface area contributed by atoms with Gasteiger partial charge in [0, 0.05) is 6.42 Å². The van der Waals surface area contributed by atoms with Crippen molar-refractivity contribution in [3.63, 3.8) is 0 Å². The Bertz CT molecular complexity index is 1290. The zero-order chi connectivity index (χ0) is 22.1. The lowest BCUT2D eigenvalue weighted by molar-refractivity contribution is -0.121. The average Bonchev–Trinajstić information content (AvgIpc) is 3.34. The first kappa shape index (κ1) is 20.7. The van der Waals surface area contributed by atoms with Crippen molar-refractivity contribution < 1.29 is 14.3 Å².